The first-order valence-electron chi connectivity index (χ1n) is 6.05. The molecule has 0 spiro atoms. The van der Waals surface area contributed by atoms with E-state index in [9.17, 15) is 8.78 Å². The van der Waals surface area contributed by atoms with Gasteiger partial charge in [0.1, 0.15) is 0 Å². The Bertz CT molecular complexity index is 778. The van der Waals surface area contributed by atoms with Crippen LogP contribution >= 0.6 is 11.9 Å². The Morgan fingerprint density at radius 3 is 2.40 bits per heavy atom. The summed E-state index contributed by atoms with van der Waals surface area (Å²) in [7, 11) is 0. The maximum absolute atomic E-state index is 13.5. The number of fused-ring (bicyclic) bond motifs is 1. The van der Waals surface area contributed by atoms with Crippen molar-refractivity contribution in [3.8, 4) is 0 Å². The van der Waals surface area contributed by atoms with E-state index < -0.39 is 11.6 Å². The molecule has 0 N–H and O–H groups in total. The molecule has 0 aliphatic rings. The van der Waals surface area contributed by atoms with E-state index in [-0.39, 0.29) is 0 Å². The molecule has 0 amide bonds. The number of halogens is 2. The van der Waals surface area contributed by atoms with Crippen LogP contribution in [0.2, 0.25) is 0 Å². The van der Waals surface area contributed by atoms with Crippen molar-refractivity contribution in [2.75, 3.05) is 0 Å². The van der Waals surface area contributed by atoms with Crippen LogP contribution in [-0.2, 0) is 0 Å². The second kappa shape index (κ2) is 5.13. The third-order valence-electron chi connectivity index (χ3n) is 2.98. The van der Waals surface area contributed by atoms with Gasteiger partial charge in [0.05, 0.1) is 11.2 Å². The van der Waals surface area contributed by atoms with Crippen molar-refractivity contribution in [2.45, 2.75) is 4.90 Å². The van der Waals surface area contributed by atoms with Crippen molar-refractivity contribution in [3.05, 3.63) is 72.4 Å². The summed E-state index contributed by atoms with van der Waals surface area (Å²) in [6.45, 7) is 3.75. The minimum absolute atomic E-state index is 0.632. The third kappa shape index (κ3) is 2.23. The number of aromatic nitrogens is 1. The van der Waals surface area contributed by atoms with E-state index >= 15 is 0 Å². The molecule has 3 aromatic rings. The molecule has 1 aromatic heterocycles. The summed E-state index contributed by atoms with van der Waals surface area (Å²) in [6.07, 6.45) is 1.67. The van der Waals surface area contributed by atoms with E-state index in [2.05, 4.69) is 6.58 Å². The highest BCUT2D eigenvalue weighted by atomic mass is 32.2. The van der Waals surface area contributed by atoms with E-state index in [0.29, 0.717) is 10.9 Å². The first-order chi connectivity index (χ1) is 9.69. The Balaban J connectivity index is 2.17. The molecular formula is C16H11F2NS. The number of nitrogens with zero attached hydrogens (tertiary/aromatic N) is 1. The summed E-state index contributed by atoms with van der Waals surface area (Å²) >= 11 is 1.45. The Labute approximate surface area is 119 Å². The quantitative estimate of drug-likeness (QED) is 0.647. The van der Waals surface area contributed by atoms with Crippen molar-refractivity contribution in [3.63, 3.8) is 0 Å². The molecule has 0 bridgehead atoms. The number of hydrogen-bond acceptors (Lipinski definition) is 1. The van der Waals surface area contributed by atoms with E-state index in [1.807, 2.05) is 34.3 Å². The Hall–Kier alpha value is -2.07. The van der Waals surface area contributed by atoms with Gasteiger partial charge in [0.25, 0.3) is 0 Å². The molecule has 20 heavy (non-hydrogen) atoms. The van der Waals surface area contributed by atoms with Crippen LogP contribution in [0.1, 0.15) is 5.69 Å². The molecule has 3 rings (SSSR count). The molecule has 0 fully saturated rings. The second-order valence-electron chi connectivity index (χ2n) is 4.30. The maximum Gasteiger partial charge on any atom is 0.160 e. The summed E-state index contributed by atoms with van der Waals surface area (Å²) in [5.74, 6) is -1.68. The predicted molar refractivity (Wildman–Crippen MR) is 79.6 cm³/mol. The molecule has 4 heteroatoms. The van der Waals surface area contributed by atoms with Gasteiger partial charge in [-0.05, 0) is 42.3 Å². The summed E-state index contributed by atoms with van der Waals surface area (Å²) in [4.78, 5) is 1.01. The van der Waals surface area contributed by atoms with Crippen molar-refractivity contribution in [1.29, 1.82) is 0 Å². The largest absolute Gasteiger partial charge is 0.280 e. The maximum atomic E-state index is 13.5. The first-order valence-corrected chi connectivity index (χ1v) is 6.82. The van der Waals surface area contributed by atoms with E-state index in [1.54, 1.807) is 12.1 Å². The average Bonchev–Trinajstić information content (AvgIpc) is 2.78. The van der Waals surface area contributed by atoms with Gasteiger partial charge >= 0.3 is 0 Å². The zero-order chi connectivity index (χ0) is 14.1. The molecule has 0 radical (unpaired) electrons. The second-order valence-corrected chi connectivity index (χ2v) is 5.32. The fourth-order valence-electron chi connectivity index (χ4n) is 2.03. The molecule has 0 saturated heterocycles. The molecule has 0 saturated carbocycles. The molecule has 100 valence electrons. The summed E-state index contributed by atoms with van der Waals surface area (Å²) in [5, 5.41) is 0.655. The van der Waals surface area contributed by atoms with Crippen molar-refractivity contribution >= 4 is 28.9 Å². The van der Waals surface area contributed by atoms with Gasteiger partial charge < -0.3 is 0 Å². The van der Waals surface area contributed by atoms with Gasteiger partial charge in [-0.25, -0.2) is 8.78 Å². The lowest BCUT2D eigenvalue weighted by Crippen LogP contribution is -1.91. The van der Waals surface area contributed by atoms with Crippen LogP contribution < -0.4 is 0 Å². The van der Waals surface area contributed by atoms with Crippen LogP contribution in [0.4, 0.5) is 8.78 Å². The zero-order valence-corrected chi connectivity index (χ0v) is 11.3. The monoisotopic (exact) mass is 287 g/mol. The third-order valence-corrected chi connectivity index (χ3v) is 4.05. The number of rotatable bonds is 3. The summed E-state index contributed by atoms with van der Waals surface area (Å²) in [6, 6.07) is 13.9. The Kier molecular flexibility index (Phi) is 3.32. The highest BCUT2D eigenvalue weighted by molar-refractivity contribution is 7.98. The molecule has 0 aliphatic heterocycles. The van der Waals surface area contributed by atoms with Gasteiger partial charge in [0.15, 0.2) is 11.6 Å². The van der Waals surface area contributed by atoms with Crippen LogP contribution in [0, 0.1) is 11.6 Å². The van der Waals surface area contributed by atoms with Gasteiger partial charge in [-0.3, -0.25) is 3.97 Å². The van der Waals surface area contributed by atoms with Gasteiger partial charge in [-0.1, -0.05) is 24.8 Å². The molecule has 1 nitrogen and oxygen atoms in total. The number of hydrogen-bond donors (Lipinski definition) is 0. The molecule has 0 aliphatic carbocycles. The lowest BCUT2D eigenvalue weighted by atomic mass is 10.2. The topological polar surface area (TPSA) is 4.93 Å². The Morgan fingerprint density at radius 1 is 1.00 bits per heavy atom. The van der Waals surface area contributed by atoms with Gasteiger partial charge in [-0.2, -0.15) is 0 Å². The van der Waals surface area contributed by atoms with E-state index in [0.717, 1.165) is 10.6 Å². The van der Waals surface area contributed by atoms with Gasteiger partial charge in [-0.15, -0.1) is 0 Å². The number of benzene rings is 2. The van der Waals surface area contributed by atoms with Crippen LogP contribution in [0.25, 0.3) is 17.0 Å². The standard InChI is InChI=1S/C16H11F2NS/c1-2-12-8-11-9-14(17)15(18)10-16(11)19(12)20-13-6-4-3-5-7-13/h2-10H,1H2. The van der Waals surface area contributed by atoms with Crippen molar-refractivity contribution < 1.29 is 8.78 Å². The van der Waals surface area contributed by atoms with Crippen molar-refractivity contribution in [1.82, 2.24) is 3.97 Å². The Morgan fingerprint density at radius 2 is 1.70 bits per heavy atom. The summed E-state index contributed by atoms with van der Waals surface area (Å²) in [5.41, 5.74) is 1.44. The molecule has 0 unspecified atom stereocenters. The highest BCUT2D eigenvalue weighted by Crippen LogP contribution is 2.31. The van der Waals surface area contributed by atoms with Gasteiger partial charge in [0, 0.05) is 16.3 Å². The smallest absolute Gasteiger partial charge is 0.160 e. The predicted octanol–water partition coefficient (Wildman–Crippen LogP) is 5.12. The average molecular weight is 287 g/mol. The zero-order valence-electron chi connectivity index (χ0n) is 10.5. The van der Waals surface area contributed by atoms with E-state index in [1.165, 1.54) is 24.1 Å². The molecule has 0 atom stereocenters. The first kappa shape index (κ1) is 12.9. The molecule has 2 aromatic carbocycles. The normalized spacial score (nSPS) is 10.9. The highest BCUT2D eigenvalue weighted by Gasteiger charge is 2.12. The lowest BCUT2D eigenvalue weighted by Gasteiger charge is -2.07. The van der Waals surface area contributed by atoms with Crippen LogP contribution in [0.3, 0.4) is 0 Å². The molecular weight excluding hydrogens is 276 g/mol. The van der Waals surface area contributed by atoms with Crippen LogP contribution in [0.15, 0.2) is 60.0 Å². The minimum atomic E-state index is -0.846. The van der Waals surface area contributed by atoms with Crippen molar-refractivity contribution in [2.24, 2.45) is 0 Å². The van der Waals surface area contributed by atoms with Crippen LogP contribution in [-0.4, -0.2) is 3.97 Å². The fraction of sp³-hybridized carbons (Fsp3) is 0. The van der Waals surface area contributed by atoms with Crippen LogP contribution in [0.5, 0.6) is 0 Å². The lowest BCUT2D eigenvalue weighted by molar-refractivity contribution is 0.511. The minimum Gasteiger partial charge on any atom is -0.280 e. The fourth-order valence-corrected chi connectivity index (χ4v) is 3.01. The summed E-state index contributed by atoms with van der Waals surface area (Å²) < 4.78 is 28.6. The van der Waals surface area contributed by atoms with E-state index in [4.69, 9.17) is 0 Å². The van der Waals surface area contributed by atoms with Gasteiger partial charge in [0.2, 0.25) is 0 Å². The SMILES string of the molecule is C=Cc1cc2cc(F)c(F)cc2n1Sc1ccccc1. The molecule has 1 heterocycles.